The number of nitrogens with one attached hydrogen (secondary N) is 1. The van der Waals surface area contributed by atoms with Gasteiger partial charge in [-0.25, -0.2) is 9.36 Å². The standard InChI is InChI=1S/C14H17N5O6/c1-2-3-18-7-8(16-11(15)17-9(7)21)19(12(18)22)10-14(24)5-13(14,23)6(4-20)25-10/h2,6,10,20,23-24H,1,3-5H2,(H3,15,16,17,21)/t6-,10-,13-,14+/m1/s1. The minimum atomic E-state index is -1.77. The number of allylic oxidation sites excluding steroid dienone is 1. The molecule has 0 bridgehead atoms. The van der Waals surface area contributed by atoms with Crippen molar-refractivity contribution in [3.63, 3.8) is 0 Å². The van der Waals surface area contributed by atoms with E-state index in [9.17, 15) is 24.9 Å². The number of imidazole rings is 1. The molecule has 0 radical (unpaired) electrons. The average Bonchev–Trinajstić information content (AvgIpc) is 2.91. The number of aromatic nitrogens is 4. The molecule has 25 heavy (non-hydrogen) atoms. The first-order valence-electron chi connectivity index (χ1n) is 7.61. The van der Waals surface area contributed by atoms with Crippen LogP contribution < -0.4 is 17.0 Å². The van der Waals surface area contributed by atoms with Crippen molar-refractivity contribution >= 4 is 17.1 Å². The molecule has 2 aromatic heterocycles. The van der Waals surface area contributed by atoms with Gasteiger partial charge in [0.2, 0.25) is 5.95 Å². The molecule has 4 atom stereocenters. The number of fused-ring (bicyclic) bond motifs is 2. The third kappa shape index (κ3) is 1.80. The number of nitrogens with two attached hydrogens (primary N) is 1. The van der Waals surface area contributed by atoms with Gasteiger partial charge >= 0.3 is 5.69 Å². The topological polar surface area (TPSA) is 169 Å². The van der Waals surface area contributed by atoms with E-state index in [1.807, 2.05) is 0 Å². The molecule has 11 heteroatoms. The number of aliphatic hydroxyl groups is 3. The normalized spacial score (nSPS) is 33.6. The minimum Gasteiger partial charge on any atom is -0.394 e. The Hall–Kier alpha value is -2.47. The maximum atomic E-state index is 12.8. The fraction of sp³-hybridized carbons (Fsp3) is 0.500. The molecule has 0 amide bonds. The molecule has 1 aliphatic carbocycles. The van der Waals surface area contributed by atoms with Gasteiger partial charge in [-0.05, 0) is 0 Å². The summed E-state index contributed by atoms with van der Waals surface area (Å²) in [4.78, 5) is 31.4. The summed E-state index contributed by atoms with van der Waals surface area (Å²) in [5.74, 6) is -0.211. The smallest absolute Gasteiger partial charge is 0.333 e. The van der Waals surface area contributed by atoms with E-state index in [2.05, 4.69) is 16.5 Å². The summed E-state index contributed by atoms with van der Waals surface area (Å²) in [6, 6.07) is 0. The van der Waals surface area contributed by atoms with Crippen LogP contribution in [0.4, 0.5) is 5.95 Å². The van der Waals surface area contributed by atoms with Crippen LogP contribution in [0.5, 0.6) is 0 Å². The highest BCUT2D eigenvalue weighted by molar-refractivity contribution is 5.72. The quantitative estimate of drug-likeness (QED) is 0.374. The predicted molar refractivity (Wildman–Crippen MR) is 84.7 cm³/mol. The van der Waals surface area contributed by atoms with Crippen LogP contribution in [0.3, 0.4) is 0 Å². The fourth-order valence-corrected chi connectivity index (χ4v) is 3.62. The third-order valence-corrected chi connectivity index (χ3v) is 4.94. The maximum Gasteiger partial charge on any atom is 0.333 e. The number of aliphatic hydroxyl groups excluding tert-OH is 1. The van der Waals surface area contributed by atoms with Gasteiger partial charge in [0, 0.05) is 13.0 Å². The van der Waals surface area contributed by atoms with Crippen LogP contribution in [0.25, 0.3) is 11.2 Å². The summed E-state index contributed by atoms with van der Waals surface area (Å²) < 4.78 is 7.61. The summed E-state index contributed by atoms with van der Waals surface area (Å²) in [5.41, 5.74) is 0.708. The Morgan fingerprint density at radius 2 is 2.16 bits per heavy atom. The lowest BCUT2D eigenvalue weighted by Crippen LogP contribution is -2.36. The molecular formula is C14H17N5O6. The summed E-state index contributed by atoms with van der Waals surface area (Å²) >= 11 is 0. The van der Waals surface area contributed by atoms with Crippen LogP contribution in [-0.4, -0.2) is 58.3 Å². The molecule has 134 valence electrons. The van der Waals surface area contributed by atoms with E-state index in [0.29, 0.717) is 0 Å². The number of H-pyrrole nitrogens is 1. The SMILES string of the molecule is C=CCn1c(=O)n([C@@H]2O[C@H](CO)[C@]3(O)C[C@]23O)c2nc(N)[nH]c(=O)c21. The van der Waals surface area contributed by atoms with Gasteiger partial charge in [0.05, 0.1) is 6.61 Å². The Bertz CT molecular complexity index is 1010. The molecule has 2 fully saturated rings. The van der Waals surface area contributed by atoms with Gasteiger partial charge in [-0.1, -0.05) is 6.08 Å². The largest absolute Gasteiger partial charge is 0.394 e. The average molecular weight is 351 g/mol. The van der Waals surface area contributed by atoms with Crippen molar-refractivity contribution < 1.29 is 20.1 Å². The number of hydrogen-bond acceptors (Lipinski definition) is 8. The molecule has 0 aromatic carbocycles. The van der Waals surface area contributed by atoms with Crippen molar-refractivity contribution in [1.82, 2.24) is 19.1 Å². The van der Waals surface area contributed by atoms with Crippen LogP contribution in [0.1, 0.15) is 12.6 Å². The maximum absolute atomic E-state index is 12.8. The van der Waals surface area contributed by atoms with Crippen LogP contribution in [0.15, 0.2) is 22.2 Å². The Labute approximate surface area is 139 Å². The van der Waals surface area contributed by atoms with Crippen LogP contribution in [-0.2, 0) is 11.3 Å². The molecule has 6 N–H and O–H groups in total. The number of hydrogen-bond donors (Lipinski definition) is 5. The second kappa shape index (κ2) is 4.79. The Morgan fingerprint density at radius 1 is 1.44 bits per heavy atom. The summed E-state index contributed by atoms with van der Waals surface area (Å²) in [6.07, 6.45) is -1.03. The zero-order chi connectivity index (χ0) is 18.1. The van der Waals surface area contributed by atoms with E-state index in [4.69, 9.17) is 10.5 Å². The second-order valence-corrected chi connectivity index (χ2v) is 6.36. The molecule has 2 aliphatic rings. The molecule has 0 unspecified atom stereocenters. The first-order valence-corrected chi connectivity index (χ1v) is 7.61. The van der Waals surface area contributed by atoms with Gasteiger partial charge in [-0.2, -0.15) is 4.98 Å². The predicted octanol–water partition coefficient (Wildman–Crippen LogP) is -2.59. The van der Waals surface area contributed by atoms with E-state index in [1.54, 1.807) is 0 Å². The molecule has 2 aromatic rings. The Balaban J connectivity index is 2.01. The fourth-order valence-electron chi connectivity index (χ4n) is 3.62. The number of ether oxygens (including phenoxy) is 1. The summed E-state index contributed by atoms with van der Waals surface area (Å²) in [7, 11) is 0. The van der Waals surface area contributed by atoms with E-state index < -0.39 is 41.4 Å². The Morgan fingerprint density at radius 3 is 2.76 bits per heavy atom. The molecule has 0 spiro atoms. The van der Waals surface area contributed by atoms with Crippen molar-refractivity contribution in [1.29, 1.82) is 0 Å². The number of rotatable bonds is 4. The number of nitrogen functional groups attached to an aromatic ring is 1. The lowest BCUT2D eigenvalue weighted by molar-refractivity contribution is -0.0952. The molecule has 11 nitrogen and oxygen atoms in total. The van der Waals surface area contributed by atoms with Crippen molar-refractivity contribution in [3.05, 3.63) is 33.5 Å². The molecular weight excluding hydrogens is 334 g/mol. The van der Waals surface area contributed by atoms with Crippen molar-refractivity contribution in [2.45, 2.75) is 36.5 Å². The van der Waals surface area contributed by atoms with Crippen molar-refractivity contribution in [2.75, 3.05) is 12.3 Å². The van der Waals surface area contributed by atoms with Crippen molar-refractivity contribution in [2.24, 2.45) is 0 Å². The highest BCUT2D eigenvalue weighted by Crippen LogP contribution is 2.63. The van der Waals surface area contributed by atoms with Gasteiger partial charge in [-0.3, -0.25) is 14.3 Å². The summed E-state index contributed by atoms with van der Waals surface area (Å²) in [6.45, 7) is 3.04. The van der Waals surface area contributed by atoms with Crippen LogP contribution in [0.2, 0.25) is 0 Å². The van der Waals surface area contributed by atoms with Crippen LogP contribution in [0, 0.1) is 0 Å². The monoisotopic (exact) mass is 351 g/mol. The summed E-state index contributed by atoms with van der Waals surface area (Å²) in [5, 5.41) is 30.5. The van der Waals surface area contributed by atoms with E-state index in [-0.39, 0.29) is 30.1 Å². The third-order valence-electron chi connectivity index (χ3n) is 4.94. The van der Waals surface area contributed by atoms with Gasteiger partial charge in [-0.15, -0.1) is 6.58 Å². The van der Waals surface area contributed by atoms with E-state index in [1.165, 1.54) is 6.08 Å². The number of nitrogens with zero attached hydrogens (tertiary/aromatic N) is 3. The zero-order valence-electron chi connectivity index (χ0n) is 13.0. The Kier molecular flexibility index (Phi) is 3.07. The van der Waals surface area contributed by atoms with Crippen LogP contribution >= 0.6 is 0 Å². The molecule has 3 heterocycles. The zero-order valence-corrected chi connectivity index (χ0v) is 13.0. The molecule has 1 saturated carbocycles. The first kappa shape index (κ1) is 16.0. The molecule has 4 rings (SSSR count). The molecule has 1 aliphatic heterocycles. The van der Waals surface area contributed by atoms with Gasteiger partial charge in [0.25, 0.3) is 5.56 Å². The molecule has 1 saturated heterocycles. The van der Waals surface area contributed by atoms with Gasteiger partial charge < -0.3 is 25.8 Å². The van der Waals surface area contributed by atoms with Gasteiger partial charge in [0.15, 0.2) is 17.4 Å². The second-order valence-electron chi connectivity index (χ2n) is 6.36. The highest BCUT2D eigenvalue weighted by Gasteiger charge is 2.80. The van der Waals surface area contributed by atoms with E-state index >= 15 is 0 Å². The number of aromatic amines is 1. The highest BCUT2D eigenvalue weighted by atomic mass is 16.6. The van der Waals surface area contributed by atoms with Gasteiger partial charge in [0.1, 0.15) is 17.3 Å². The van der Waals surface area contributed by atoms with E-state index in [0.717, 1.165) is 9.13 Å². The first-order chi connectivity index (χ1) is 11.8. The lowest BCUT2D eigenvalue weighted by Gasteiger charge is -2.19. The van der Waals surface area contributed by atoms with Crippen molar-refractivity contribution in [3.8, 4) is 0 Å². The lowest BCUT2D eigenvalue weighted by atomic mass is 10.1. The minimum absolute atomic E-state index is 0.0237. The number of anilines is 1.